The quantitative estimate of drug-likeness (QED) is 0.451. The number of nitrogens with one attached hydrogen (secondary N) is 1. The average Bonchev–Trinajstić information content (AvgIpc) is 2.24. The first kappa shape index (κ1) is 11.2. The van der Waals surface area contributed by atoms with Gasteiger partial charge in [0.2, 0.25) is 0 Å². The highest BCUT2D eigenvalue weighted by Gasteiger charge is 1.99. The van der Waals surface area contributed by atoms with Crippen molar-refractivity contribution in [2.24, 2.45) is 0 Å². The van der Waals surface area contributed by atoms with Crippen molar-refractivity contribution < 1.29 is 14.3 Å². The van der Waals surface area contributed by atoms with Crippen LogP contribution in [0.15, 0.2) is 24.3 Å². The van der Waals surface area contributed by atoms with Crippen molar-refractivity contribution in [3.8, 4) is 0 Å². The summed E-state index contributed by atoms with van der Waals surface area (Å²) < 4.78 is 4.75. The molecule has 0 fully saturated rings. The number of benzene rings is 1. The molecule has 0 amide bonds. The second-order valence-electron chi connectivity index (χ2n) is 2.97. The molecule has 0 saturated heterocycles. The second-order valence-corrected chi connectivity index (χ2v) is 2.97. The first-order valence-electron chi connectivity index (χ1n) is 4.65. The van der Waals surface area contributed by atoms with Crippen molar-refractivity contribution in [1.29, 1.82) is 0 Å². The van der Waals surface area contributed by atoms with Crippen molar-refractivity contribution >= 4 is 17.9 Å². The standard InChI is InChI=1S/C11H13NO3/c1-9(14)15-7-6-12-11-5-3-2-4-10(11)8-13/h2-5,8,12H,6-7H2,1H3. The molecule has 0 spiro atoms. The van der Waals surface area contributed by atoms with Crippen LogP contribution in [0.25, 0.3) is 0 Å². The average molecular weight is 207 g/mol. The lowest BCUT2D eigenvalue weighted by atomic mass is 10.2. The number of carbonyl (C=O) groups excluding carboxylic acids is 2. The summed E-state index contributed by atoms with van der Waals surface area (Å²) in [5.41, 5.74) is 1.35. The van der Waals surface area contributed by atoms with Gasteiger partial charge in [-0.15, -0.1) is 0 Å². The van der Waals surface area contributed by atoms with Crippen molar-refractivity contribution in [2.75, 3.05) is 18.5 Å². The molecule has 0 aromatic heterocycles. The maximum atomic E-state index is 10.6. The highest BCUT2D eigenvalue weighted by Crippen LogP contribution is 2.11. The molecule has 0 unspecified atom stereocenters. The summed E-state index contributed by atoms with van der Waals surface area (Å²) in [6, 6.07) is 7.15. The van der Waals surface area contributed by atoms with E-state index in [1.807, 2.05) is 6.07 Å². The Kier molecular flexibility index (Phi) is 4.34. The number of anilines is 1. The van der Waals surface area contributed by atoms with Crippen LogP contribution in [0, 0.1) is 0 Å². The molecule has 15 heavy (non-hydrogen) atoms. The van der Waals surface area contributed by atoms with Crippen LogP contribution in [0.3, 0.4) is 0 Å². The van der Waals surface area contributed by atoms with Gasteiger partial charge in [-0.1, -0.05) is 12.1 Å². The number of esters is 1. The molecule has 4 heteroatoms. The van der Waals surface area contributed by atoms with E-state index in [-0.39, 0.29) is 5.97 Å². The first-order valence-corrected chi connectivity index (χ1v) is 4.65. The maximum absolute atomic E-state index is 10.6. The second kappa shape index (κ2) is 5.80. The van der Waals surface area contributed by atoms with Gasteiger partial charge in [-0.05, 0) is 12.1 Å². The lowest BCUT2D eigenvalue weighted by Crippen LogP contribution is -2.12. The van der Waals surface area contributed by atoms with E-state index in [1.54, 1.807) is 18.2 Å². The molecule has 0 bridgehead atoms. The van der Waals surface area contributed by atoms with Crippen LogP contribution in [-0.4, -0.2) is 25.4 Å². The predicted octanol–water partition coefficient (Wildman–Crippen LogP) is 1.47. The third-order valence-corrected chi connectivity index (χ3v) is 1.81. The summed E-state index contributed by atoms with van der Waals surface area (Å²) in [6.07, 6.45) is 0.786. The van der Waals surface area contributed by atoms with Crippen LogP contribution in [-0.2, 0) is 9.53 Å². The summed E-state index contributed by atoms with van der Waals surface area (Å²) in [5.74, 6) is -0.305. The fraction of sp³-hybridized carbons (Fsp3) is 0.273. The Labute approximate surface area is 88.2 Å². The molecule has 0 aliphatic carbocycles. The van der Waals surface area contributed by atoms with Crippen LogP contribution >= 0.6 is 0 Å². The van der Waals surface area contributed by atoms with Gasteiger partial charge in [-0.25, -0.2) is 0 Å². The Bertz CT molecular complexity index is 349. The molecule has 1 aromatic carbocycles. The normalized spacial score (nSPS) is 9.40. The minimum Gasteiger partial charge on any atom is -0.464 e. The molecule has 0 radical (unpaired) electrons. The van der Waals surface area contributed by atoms with E-state index in [2.05, 4.69) is 5.32 Å². The van der Waals surface area contributed by atoms with E-state index in [4.69, 9.17) is 4.74 Å². The summed E-state index contributed by atoms with van der Waals surface area (Å²) in [7, 11) is 0. The third-order valence-electron chi connectivity index (χ3n) is 1.81. The number of carbonyl (C=O) groups is 2. The van der Waals surface area contributed by atoms with Crippen LogP contribution in [0.5, 0.6) is 0 Å². The van der Waals surface area contributed by atoms with E-state index in [0.717, 1.165) is 12.0 Å². The lowest BCUT2D eigenvalue weighted by Gasteiger charge is -2.08. The zero-order valence-electron chi connectivity index (χ0n) is 8.53. The Morgan fingerprint density at radius 2 is 2.20 bits per heavy atom. The summed E-state index contributed by atoms with van der Waals surface area (Å²) >= 11 is 0. The topological polar surface area (TPSA) is 55.4 Å². The minimum absolute atomic E-state index is 0.294. The molecule has 80 valence electrons. The van der Waals surface area contributed by atoms with Gasteiger partial charge in [0, 0.05) is 24.7 Å². The minimum atomic E-state index is -0.305. The first-order chi connectivity index (χ1) is 7.24. The predicted molar refractivity (Wildman–Crippen MR) is 57.0 cm³/mol. The highest BCUT2D eigenvalue weighted by atomic mass is 16.5. The molecule has 0 saturated carbocycles. The van der Waals surface area contributed by atoms with Gasteiger partial charge in [0.25, 0.3) is 0 Å². The van der Waals surface area contributed by atoms with Gasteiger partial charge in [-0.2, -0.15) is 0 Å². The van der Waals surface area contributed by atoms with E-state index < -0.39 is 0 Å². The molecular weight excluding hydrogens is 194 g/mol. The molecule has 0 heterocycles. The number of aldehydes is 1. The summed E-state index contributed by atoms with van der Waals surface area (Å²) in [6.45, 7) is 2.15. The fourth-order valence-corrected chi connectivity index (χ4v) is 1.14. The molecule has 1 rings (SSSR count). The van der Waals surface area contributed by atoms with Crippen molar-refractivity contribution in [3.05, 3.63) is 29.8 Å². The van der Waals surface area contributed by atoms with Crippen molar-refractivity contribution in [2.45, 2.75) is 6.92 Å². The zero-order valence-corrected chi connectivity index (χ0v) is 8.53. The van der Waals surface area contributed by atoms with Crippen LogP contribution in [0.1, 0.15) is 17.3 Å². The number of para-hydroxylation sites is 1. The monoisotopic (exact) mass is 207 g/mol. The van der Waals surface area contributed by atoms with Gasteiger partial charge in [0.05, 0.1) is 0 Å². The van der Waals surface area contributed by atoms with E-state index in [0.29, 0.717) is 18.7 Å². The molecule has 0 aliphatic rings. The fourth-order valence-electron chi connectivity index (χ4n) is 1.14. The Balaban J connectivity index is 2.43. The Morgan fingerprint density at radius 1 is 1.47 bits per heavy atom. The van der Waals surface area contributed by atoms with E-state index >= 15 is 0 Å². The molecule has 1 aromatic rings. The Morgan fingerprint density at radius 3 is 2.87 bits per heavy atom. The summed E-state index contributed by atoms with van der Waals surface area (Å²) in [5, 5.41) is 3.01. The number of hydrogen-bond donors (Lipinski definition) is 1. The number of rotatable bonds is 5. The third kappa shape index (κ3) is 3.81. The molecule has 0 aliphatic heterocycles. The Hall–Kier alpha value is -1.84. The molecule has 1 N–H and O–H groups in total. The lowest BCUT2D eigenvalue weighted by molar-refractivity contribution is -0.140. The van der Waals surface area contributed by atoms with Crippen LogP contribution in [0.4, 0.5) is 5.69 Å². The van der Waals surface area contributed by atoms with Crippen LogP contribution < -0.4 is 5.32 Å². The van der Waals surface area contributed by atoms with Crippen molar-refractivity contribution in [3.63, 3.8) is 0 Å². The molecule has 0 atom stereocenters. The van der Waals surface area contributed by atoms with Crippen molar-refractivity contribution in [1.82, 2.24) is 0 Å². The van der Waals surface area contributed by atoms with E-state index in [9.17, 15) is 9.59 Å². The van der Waals surface area contributed by atoms with Gasteiger partial charge in [0.15, 0.2) is 6.29 Å². The SMILES string of the molecule is CC(=O)OCCNc1ccccc1C=O. The van der Waals surface area contributed by atoms with Gasteiger partial charge in [-0.3, -0.25) is 9.59 Å². The molecular formula is C11H13NO3. The van der Waals surface area contributed by atoms with Gasteiger partial charge >= 0.3 is 5.97 Å². The molecule has 4 nitrogen and oxygen atoms in total. The zero-order chi connectivity index (χ0) is 11.1. The smallest absolute Gasteiger partial charge is 0.302 e. The summed E-state index contributed by atoms with van der Waals surface area (Å²) in [4.78, 5) is 21.1. The van der Waals surface area contributed by atoms with E-state index in [1.165, 1.54) is 6.92 Å². The maximum Gasteiger partial charge on any atom is 0.302 e. The number of hydrogen-bond acceptors (Lipinski definition) is 4. The highest BCUT2D eigenvalue weighted by molar-refractivity contribution is 5.83. The van der Waals surface area contributed by atoms with Gasteiger partial charge in [0.1, 0.15) is 6.61 Å². The number of ether oxygens (including phenoxy) is 1. The van der Waals surface area contributed by atoms with Crippen LogP contribution in [0.2, 0.25) is 0 Å². The largest absolute Gasteiger partial charge is 0.464 e. The van der Waals surface area contributed by atoms with Gasteiger partial charge < -0.3 is 10.1 Å².